The van der Waals surface area contributed by atoms with Crippen molar-refractivity contribution >= 4 is 17.6 Å². The SMILES string of the molecule is Cc1cc(N)cc(C(=O)OCCC(=O)NC2CC2)c1F. The highest BCUT2D eigenvalue weighted by molar-refractivity contribution is 5.91. The Labute approximate surface area is 116 Å². The molecule has 5 nitrogen and oxygen atoms in total. The number of carbonyl (C=O) groups is 2. The van der Waals surface area contributed by atoms with Crippen LogP contribution in [-0.4, -0.2) is 24.5 Å². The lowest BCUT2D eigenvalue weighted by Crippen LogP contribution is -2.26. The van der Waals surface area contributed by atoms with Crippen LogP contribution in [0.25, 0.3) is 0 Å². The first-order valence-corrected chi connectivity index (χ1v) is 6.49. The summed E-state index contributed by atoms with van der Waals surface area (Å²) in [6, 6.07) is 2.94. The molecule has 20 heavy (non-hydrogen) atoms. The molecule has 1 fully saturated rings. The average molecular weight is 280 g/mol. The van der Waals surface area contributed by atoms with Gasteiger partial charge in [-0.25, -0.2) is 9.18 Å². The largest absolute Gasteiger partial charge is 0.461 e. The van der Waals surface area contributed by atoms with Crippen LogP contribution in [0.15, 0.2) is 12.1 Å². The summed E-state index contributed by atoms with van der Waals surface area (Å²) >= 11 is 0. The van der Waals surface area contributed by atoms with Gasteiger partial charge < -0.3 is 15.8 Å². The minimum Gasteiger partial charge on any atom is -0.461 e. The van der Waals surface area contributed by atoms with Crippen LogP contribution >= 0.6 is 0 Å². The third-order valence-electron chi connectivity index (χ3n) is 3.00. The van der Waals surface area contributed by atoms with Crippen molar-refractivity contribution in [2.75, 3.05) is 12.3 Å². The second-order valence-corrected chi connectivity index (χ2v) is 4.93. The number of hydrogen-bond acceptors (Lipinski definition) is 4. The number of nitrogens with one attached hydrogen (secondary N) is 1. The molecular weight excluding hydrogens is 263 g/mol. The maximum Gasteiger partial charge on any atom is 0.341 e. The molecule has 3 N–H and O–H groups in total. The molecule has 6 heteroatoms. The van der Waals surface area contributed by atoms with Crippen LogP contribution in [0.5, 0.6) is 0 Å². The van der Waals surface area contributed by atoms with Crippen molar-refractivity contribution in [2.45, 2.75) is 32.2 Å². The summed E-state index contributed by atoms with van der Waals surface area (Å²) in [6.45, 7) is 1.44. The van der Waals surface area contributed by atoms with Crippen LogP contribution in [0.4, 0.5) is 10.1 Å². The van der Waals surface area contributed by atoms with E-state index in [0.29, 0.717) is 5.69 Å². The van der Waals surface area contributed by atoms with Crippen molar-refractivity contribution in [3.05, 3.63) is 29.1 Å². The van der Waals surface area contributed by atoms with E-state index < -0.39 is 11.8 Å². The normalized spacial score (nSPS) is 13.9. The molecule has 0 saturated heterocycles. The number of carbonyl (C=O) groups excluding carboxylic acids is 2. The molecule has 1 aliphatic rings. The van der Waals surface area contributed by atoms with Gasteiger partial charge in [0.25, 0.3) is 0 Å². The minimum atomic E-state index is -0.808. The summed E-state index contributed by atoms with van der Waals surface area (Å²) in [6.07, 6.45) is 2.07. The van der Waals surface area contributed by atoms with Crippen molar-refractivity contribution in [1.82, 2.24) is 5.32 Å². The Morgan fingerprint density at radius 1 is 1.45 bits per heavy atom. The number of halogens is 1. The monoisotopic (exact) mass is 280 g/mol. The standard InChI is InChI=1S/C14H17FN2O3/c1-8-6-9(16)7-11(13(8)15)14(19)20-5-4-12(18)17-10-2-3-10/h6-7,10H,2-5,16H2,1H3,(H,17,18). The van der Waals surface area contributed by atoms with Crippen molar-refractivity contribution in [3.63, 3.8) is 0 Å². The van der Waals surface area contributed by atoms with Gasteiger partial charge in [0.2, 0.25) is 5.91 Å². The van der Waals surface area contributed by atoms with Crippen molar-refractivity contribution < 1.29 is 18.7 Å². The zero-order valence-electron chi connectivity index (χ0n) is 11.2. The van der Waals surface area contributed by atoms with Gasteiger partial charge in [0.1, 0.15) is 12.4 Å². The lowest BCUT2D eigenvalue weighted by molar-refractivity contribution is -0.121. The van der Waals surface area contributed by atoms with Gasteiger partial charge in [0, 0.05) is 11.7 Å². The number of aryl methyl sites for hydroxylation is 1. The van der Waals surface area contributed by atoms with Crippen LogP contribution < -0.4 is 11.1 Å². The lowest BCUT2D eigenvalue weighted by atomic mass is 10.1. The van der Waals surface area contributed by atoms with Gasteiger partial charge in [-0.15, -0.1) is 0 Å². The highest BCUT2D eigenvalue weighted by atomic mass is 19.1. The zero-order valence-corrected chi connectivity index (χ0v) is 11.2. The minimum absolute atomic E-state index is 0.0746. The van der Waals surface area contributed by atoms with Crippen LogP contribution in [0.2, 0.25) is 0 Å². The molecule has 1 saturated carbocycles. The van der Waals surface area contributed by atoms with E-state index >= 15 is 0 Å². The molecule has 2 rings (SSSR count). The van der Waals surface area contributed by atoms with Gasteiger partial charge in [-0.1, -0.05) is 0 Å². The molecule has 0 unspecified atom stereocenters. The fourth-order valence-electron chi connectivity index (χ4n) is 1.79. The number of nitrogens with two attached hydrogens (primary N) is 1. The number of hydrogen-bond donors (Lipinski definition) is 2. The average Bonchev–Trinajstić information content (AvgIpc) is 3.17. The quantitative estimate of drug-likeness (QED) is 0.633. The first kappa shape index (κ1) is 14.3. The van der Waals surface area contributed by atoms with Crippen LogP contribution in [0.1, 0.15) is 35.2 Å². The van der Waals surface area contributed by atoms with Crippen molar-refractivity contribution in [1.29, 1.82) is 0 Å². The molecule has 0 atom stereocenters. The second-order valence-electron chi connectivity index (χ2n) is 4.93. The number of benzene rings is 1. The summed E-state index contributed by atoms with van der Waals surface area (Å²) in [5, 5.41) is 2.77. The van der Waals surface area contributed by atoms with Crippen LogP contribution in [0, 0.1) is 12.7 Å². The Morgan fingerprint density at radius 2 is 2.15 bits per heavy atom. The second kappa shape index (κ2) is 5.90. The Balaban J connectivity index is 1.86. The molecule has 1 aromatic carbocycles. The summed E-state index contributed by atoms with van der Waals surface area (Å²) in [5.41, 5.74) is 5.94. The smallest absolute Gasteiger partial charge is 0.341 e. The molecule has 0 aliphatic heterocycles. The number of anilines is 1. The number of esters is 1. The fourth-order valence-corrected chi connectivity index (χ4v) is 1.79. The Kier molecular flexibility index (Phi) is 4.22. The molecule has 1 aliphatic carbocycles. The molecule has 0 aromatic heterocycles. The predicted molar refractivity (Wildman–Crippen MR) is 71.6 cm³/mol. The summed E-state index contributed by atoms with van der Waals surface area (Å²) in [4.78, 5) is 23.1. The van der Waals surface area contributed by atoms with E-state index in [0.717, 1.165) is 12.8 Å². The zero-order chi connectivity index (χ0) is 14.7. The predicted octanol–water partition coefficient (Wildman–Crippen LogP) is 1.54. The van der Waals surface area contributed by atoms with E-state index in [2.05, 4.69) is 5.32 Å². The van der Waals surface area contributed by atoms with Gasteiger partial charge in [-0.3, -0.25) is 4.79 Å². The van der Waals surface area contributed by atoms with Gasteiger partial charge in [0.05, 0.1) is 12.0 Å². The molecular formula is C14H17FN2O3. The highest BCUT2D eigenvalue weighted by Crippen LogP contribution is 2.19. The first-order chi connectivity index (χ1) is 9.47. The molecule has 0 heterocycles. The molecule has 1 aromatic rings. The Hall–Kier alpha value is -2.11. The summed E-state index contributed by atoms with van der Waals surface area (Å²) in [7, 11) is 0. The third kappa shape index (κ3) is 3.69. The highest BCUT2D eigenvalue weighted by Gasteiger charge is 2.23. The number of nitrogen functional groups attached to an aromatic ring is 1. The fraction of sp³-hybridized carbons (Fsp3) is 0.429. The molecule has 108 valence electrons. The number of rotatable bonds is 5. The third-order valence-corrected chi connectivity index (χ3v) is 3.00. The van der Waals surface area contributed by atoms with Crippen LogP contribution in [-0.2, 0) is 9.53 Å². The topological polar surface area (TPSA) is 81.4 Å². The first-order valence-electron chi connectivity index (χ1n) is 6.49. The molecule has 0 radical (unpaired) electrons. The summed E-state index contributed by atoms with van der Waals surface area (Å²) in [5.74, 6) is -1.62. The van der Waals surface area contributed by atoms with Gasteiger partial charge in [-0.2, -0.15) is 0 Å². The Morgan fingerprint density at radius 3 is 2.80 bits per heavy atom. The van der Waals surface area contributed by atoms with Crippen LogP contribution in [0.3, 0.4) is 0 Å². The van der Waals surface area contributed by atoms with E-state index in [1.807, 2.05) is 0 Å². The molecule has 0 bridgehead atoms. The maximum absolute atomic E-state index is 13.8. The van der Waals surface area contributed by atoms with Gasteiger partial charge in [-0.05, 0) is 37.5 Å². The van der Waals surface area contributed by atoms with Gasteiger partial charge in [0.15, 0.2) is 0 Å². The summed E-state index contributed by atoms with van der Waals surface area (Å²) < 4.78 is 18.7. The Bertz CT molecular complexity index is 541. The molecule has 0 spiro atoms. The van der Waals surface area contributed by atoms with Crippen molar-refractivity contribution in [2.24, 2.45) is 0 Å². The van der Waals surface area contributed by atoms with Gasteiger partial charge >= 0.3 is 5.97 Å². The number of ether oxygens (including phenoxy) is 1. The van der Waals surface area contributed by atoms with E-state index in [-0.39, 0.29) is 36.1 Å². The maximum atomic E-state index is 13.8. The van der Waals surface area contributed by atoms with E-state index in [1.165, 1.54) is 19.1 Å². The van der Waals surface area contributed by atoms with E-state index in [1.54, 1.807) is 0 Å². The lowest BCUT2D eigenvalue weighted by Gasteiger charge is -2.08. The molecule has 1 amide bonds. The van der Waals surface area contributed by atoms with E-state index in [4.69, 9.17) is 10.5 Å². The van der Waals surface area contributed by atoms with Crippen molar-refractivity contribution in [3.8, 4) is 0 Å². The number of amides is 1. The van der Waals surface area contributed by atoms with E-state index in [9.17, 15) is 14.0 Å².